The Morgan fingerprint density at radius 3 is 2.57 bits per heavy atom. The van der Waals surface area contributed by atoms with Crippen LogP contribution in [0.25, 0.3) is 10.6 Å². The first-order valence-corrected chi connectivity index (χ1v) is 10.4. The summed E-state index contributed by atoms with van der Waals surface area (Å²) in [7, 11) is -3.49. The molecule has 1 aliphatic carbocycles. The van der Waals surface area contributed by atoms with Crippen molar-refractivity contribution in [3.05, 3.63) is 23.2 Å². The average Bonchev–Trinajstić information content (AvgIpc) is 3.10. The maximum Gasteiger partial charge on any atom is 0.241 e. The molecule has 126 valence electrons. The number of sulfonamides is 1. The lowest BCUT2D eigenvalue weighted by Gasteiger charge is -2.20. The molecular formula is C16H22N2O3S2. The van der Waals surface area contributed by atoms with Crippen LogP contribution in [0, 0.1) is 6.92 Å². The van der Waals surface area contributed by atoms with E-state index in [4.69, 9.17) is 4.52 Å². The minimum absolute atomic E-state index is 0.0494. The summed E-state index contributed by atoms with van der Waals surface area (Å²) in [5, 5.41) is 3.68. The second-order valence-corrected chi connectivity index (χ2v) is 9.01. The highest BCUT2D eigenvalue weighted by atomic mass is 32.2. The molecule has 0 bridgehead atoms. The van der Waals surface area contributed by atoms with E-state index in [9.17, 15) is 8.42 Å². The van der Waals surface area contributed by atoms with Gasteiger partial charge in [-0.1, -0.05) is 37.3 Å². The highest BCUT2D eigenvalue weighted by Gasteiger charge is 2.25. The average molecular weight is 354 g/mol. The molecule has 0 radical (unpaired) electrons. The van der Waals surface area contributed by atoms with Gasteiger partial charge in [0.05, 0.1) is 16.0 Å². The van der Waals surface area contributed by atoms with Crippen LogP contribution in [0.1, 0.15) is 49.8 Å². The summed E-state index contributed by atoms with van der Waals surface area (Å²) in [6.45, 7) is 1.83. The van der Waals surface area contributed by atoms with Crippen molar-refractivity contribution in [3.8, 4) is 10.6 Å². The lowest BCUT2D eigenvalue weighted by molar-refractivity contribution is 0.426. The molecule has 0 unspecified atom stereocenters. The molecule has 5 nitrogen and oxygen atoms in total. The molecule has 1 saturated carbocycles. The van der Waals surface area contributed by atoms with Gasteiger partial charge in [-0.05, 0) is 25.8 Å². The molecule has 0 saturated heterocycles. The first-order valence-electron chi connectivity index (χ1n) is 8.10. The van der Waals surface area contributed by atoms with Crippen molar-refractivity contribution in [3.63, 3.8) is 0 Å². The van der Waals surface area contributed by atoms with Crippen LogP contribution in [0.4, 0.5) is 0 Å². The summed E-state index contributed by atoms with van der Waals surface area (Å²) in [5.41, 5.74) is 0. The van der Waals surface area contributed by atoms with Gasteiger partial charge < -0.3 is 4.52 Å². The summed E-state index contributed by atoms with van der Waals surface area (Å²) < 4.78 is 33.5. The summed E-state index contributed by atoms with van der Waals surface area (Å²) in [6, 6.07) is 3.48. The lowest BCUT2D eigenvalue weighted by Crippen LogP contribution is -2.35. The Morgan fingerprint density at radius 1 is 1.22 bits per heavy atom. The Labute approximate surface area is 141 Å². The van der Waals surface area contributed by atoms with Crippen LogP contribution in [0.2, 0.25) is 0 Å². The quantitative estimate of drug-likeness (QED) is 0.897. The summed E-state index contributed by atoms with van der Waals surface area (Å²) in [6.07, 6.45) is 9.28. The second kappa shape index (κ2) is 7.15. The topological polar surface area (TPSA) is 72.2 Å². The first kappa shape index (κ1) is 16.7. The molecule has 2 aromatic rings. The zero-order valence-corrected chi connectivity index (χ0v) is 14.9. The molecule has 0 atom stereocenters. The van der Waals surface area contributed by atoms with Gasteiger partial charge in [0.2, 0.25) is 10.0 Å². The number of thiophene rings is 1. The fraction of sp³-hybridized carbons (Fsp3) is 0.562. The van der Waals surface area contributed by atoms with E-state index in [2.05, 4.69) is 9.88 Å². The third-order valence-electron chi connectivity index (χ3n) is 4.27. The van der Waals surface area contributed by atoms with Crippen LogP contribution in [0.5, 0.6) is 0 Å². The predicted molar refractivity (Wildman–Crippen MR) is 91.0 cm³/mol. The van der Waals surface area contributed by atoms with Crippen molar-refractivity contribution in [2.45, 2.75) is 62.8 Å². The first-order chi connectivity index (χ1) is 11.1. The highest BCUT2D eigenvalue weighted by molar-refractivity contribution is 7.89. The summed E-state index contributed by atoms with van der Waals surface area (Å²) in [4.78, 5) is 1.92. The molecule has 0 amide bonds. The van der Waals surface area contributed by atoms with Gasteiger partial charge in [0.15, 0.2) is 5.76 Å². The Morgan fingerprint density at radius 2 is 1.91 bits per heavy atom. The van der Waals surface area contributed by atoms with E-state index in [0.29, 0.717) is 10.7 Å². The summed E-state index contributed by atoms with van der Waals surface area (Å²) >= 11 is 1.42. The van der Waals surface area contributed by atoms with Gasteiger partial charge in [-0.2, -0.15) is 0 Å². The fourth-order valence-electron chi connectivity index (χ4n) is 3.05. The van der Waals surface area contributed by atoms with Crippen molar-refractivity contribution in [1.29, 1.82) is 0 Å². The van der Waals surface area contributed by atoms with Crippen LogP contribution < -0.4 is 4.72 Å². The Balaban J connectivity index is 1.79. The monoisotopic (exact) mass is 354 g/mol. The van der Waals surface area contributed by atoms with E-state index >= 15 is 0 Å². The van der Waals surface area contributed by atoms with Crippen LogP contribution in [-0.2, 0) is 10.0 Å². The number of nitrogens with one attached hydrogen (secondary N) is 1. The van der Waals surface area contributed by atoms with Crippen LogP contribution in [0.15, 0.2) is 27.7 Å². The van der Waals surface area contributed by atoms with E-state index in [0.717, 1.165) is 35.4 Å². The van der Waals surface area contributed by atoms with E-state index in [1.54, 1.807) is 18.3 Å². The molecule has 0 aliphatic heterocycles. The number of rotatable bonds is 4. The van der Waals surface area contributed by atoms with Gasteiger partial charge in [-0.3, -0.25) is 0 Å². The molecule has 7 heteroatoms. The maximum absolute atomic E-state index is 12.8. The lowest BCUT2D eigenvalue weighted by atomic mass is 9.97. The minimum Gasteiger partial charge on any atom is -0.355 e. The number of aryl methyl sites for hydroxylation is 1. The van der Waals surface area contributed by atoms with Gasteiger partial charge in [0.25, 0.3) is 0 Å². The Kier molecular flexibility index (Phi) is 5.18. The zero-order chi connectivity index (χ0) is 16.3. The fourth-order valence-corrected chi connectivity index (χ4v) is 5.91. The minimum atomic E-state index is -3.49. The molecule has 1 fully saturated rings. The molecule has 1 N–H and O–H groups in total. The number of nitrogens with zero attached hydrogens (tertiary/aromatic N) is 1. The largest absolute Gasteiger partial charge is 0.355 e. The van der Waals surface area contributed by atoms with Gasteiger partial charge in [0, 0.05) is 17.0 Å². The highest BCUT2D eigenvalue weighted by Crippen LogP contribution is 2.33. The van der Waals surface area contributed by atoms with Crippen molar-refractivity contribution in [2.24, 2.45) is 0 Å². The molecular weight excluding hydrogens is 332 g/mol. The maximum atomic E-state index is 12.8. The van der Waals surface area contributed by atoms with Crippen molar-refractivity contribution in [1.82, 2.24) is 9.88 Å². The van der Waals surface area contributed by atoms with Crippen molar-refractivity contribution < 1.29 is 12.9 Å². The molecule has 2 aromatic heterocycles. The molecule has 23 heavy (non-hydrogen) atoms. The van der Waals surface area contributed by atoms with Crippen LogP contribution in [-0.4, -0.2) is 19.6 Å². The van der Waals surface area contributed by atoms with Gasteiger partial charge in [0.1, 0.15) is 0 Å². The molecule has 2 heterocycles. The normalized spacial score (nSPS) is 17.8. The van der Waals surface area contributed by atoms with Gasteiger partial charge in [-0.15, -0.1) is 11.3 Å². The molecule has 1 aliphatic rings. The van der Waals surface area contributed by atoms with Gasteiger partial charge in [-0.25, -0.2) is 13.1 Å². The smallest absolute Gasteiger partial charge is 0.241 e. The number of aromatic nitrogens is 1. The van der Waals surface area contributed by atoms with E-state index < -0.39 is 10.0 Å². The number of hydrogen-bond acceptors (Lipinski definition) is 5. The van der Waals surface area contributed by atoms with E-state index in [-0.39, 0.29) is 6.04 Å². The third-order valence-corrected chi connectivity index (χ3v) is 7.11. The number of hydrogen-bond donors (Lipinski definition) is 1. The third kappa shape index (κ3) is 4.02. The molecule has 3 rings (SSSR count). The zero-order valence-electron chi connectivity index (χ0n) is 13.2. The standard InChI is InChI=1S/C16H22N2O3S2/c1-12-16(11-15(22-12)14-9-10-17-21-14)23(19,20)18-13-7-5-3-2-4-6-8-13/h9-11,13,18H,2-8H2,1H3. The second-order valence-electron chi connectivity index (χ2n) is 6.07. The van der Waals surface area contributed by atoms with E-state index in [1.165, 1.54) is 30.6 Å². The summed E-state index contributed by atoms with van der Waals surface area (Å²) in [5.74, 6) is 0.602. The Bertz CT molecular complexity index is 727. The SMILES string of the molecule is Cc1sc(-c2ccno2)cc1S(=O)(=O)NC1CCCCCCC1. The molecule has 0 aromatic carbocycles. The Hall–Kier alpha value is -1.18. The van der Waals surface area contributed by atoms with Crippen LogP contribution in [0.3, 0.4) is 0 Å². The van der Waals surface area contributed by atoms with Gasteiger partial charge >= 0.3 is 0 Å². The van der Waals surface area contributed by atoms with Crippen molar-refractivity contribution in [2.75, 3.05) is 0 Å². The van der Waals surface area contributed by atoms with Crippen LogP contribution >= 0.6 is 11.3 Å². The van der Waals surface area contributed by atoms with Crippen molar-refractivity contribution >= 4 is 21.4 Å². The predicted octanol–water partition coefficient (Wildman–Crippen LogP) is 4.10. The molecule has 0 spiro atoms. The van der Waals surface area contributed by atoms with E-state index in [1.807, 2.05) is 6.92 Å².